The molecule has 7 nitrogen and oxygen atoms in total. The number of benzene rings is 2. The second-order valence-corrected chi connectivity index (χ2v) is 12.6. The molecule has 2 aromatic rings. The predicted molar refractivity (Wildman–Crippen MR) is 141 cm³/mol. The molecule has 0 unspecified atom stereocenters. The van der Waals surface area contributed by atoms with Crippen molar-refractivity contribution in [2.45, 2.75) is 45.8 Å². The first-order chi connectivity index (χ1) is 15.6. The minimum absolute atomic E-state index is 0.0837. The SMILES string of the molecule is C[C@H](C(=O)NC(C)(C)C)N(Cc1ccc(Br)cc1)C(=O)CN(c1cc(Cl)ccc1Cl)S(C)(=O)=O. The Morgan fingerprint density at radius 1 is 1.09 bits per heavy atom. The number of rotatable bonds is 8. The molecule has 0 aromatic heterocycles. The van der Waals surface area contributed by atoms with Crippen molar-refractivity contribution in [2.75, 3.05) is 17.1 Å². The van der Waals surface area contributed by atoms with Gasteiger partial charge in [0.1, 0.15) is 12.6 Å². The molecule has 1 N–H and O–H groups in total. The van der Waals surface area contributed by atoms with Crippen molar-refractivity contribution >= 4 is 66.7 Å². The van der Waals surface area contributed by atoms with Crippen molar-refractivity contribution in [1.29, 1.82) is 0 Å². The highest BCUT2D eigenvalue weighted by atomic mass is 79.9. The number of carbonyl (C=O) groups excluding carboxylic acids is 2. The van der Waals surface area contributed by atoms with Gasteiger partial charge in [0.05, 0.1) is 17.0 Å². The maximum Gasteiger partial charge on any atom is 0.244 e. The Balaban J connectivity index is 2.44. The van der Waals surface area contributed by atoms with Crippen molar-refractivity contribution in [3.8, 4) is 0 Å². The van der Waals surface area contributed by atoms with Gasteiger partial charge in [-0.3, -0.25) is 13.9 Å². The second kappa shape index (κ2) is 11.3. The predicted octanol–water partition coefficient (Wildman–Crippen LogP) is 4.85. The Hall–Kier alpha value is -1.81. The molecule has 2 amide bonds. The van der Waals surface area contributed by atoms with E-state index in [0.717, 1.165) is 20.6 Å². The maximum atomic E-state index is 13.5. The average molecular weight is 593 g/mol. The Bertz CT molecular complexity index is 1150. The van der Waals surface area contributed by atoms with Gasteiger partial charge in [0, 0.05) is 21.6 Å². The number of amides is 2. The van der Waals surface area contributed by atoms with Crippen molar-refractivity contribution in [2.24, 2.45) is 0 Å². The van der Waals surface area contributed by atoms with Crippen LogP contribution in [0.1, 0.15) is 33.3 Å². The third-order valence-corrected chi connectivity index (χ3v) is 7.00. The Kier molecular flexibility index (Phi) is 9.44. The van der Waals surface area contributed by atoms with Crippen LogP contribution in [0.3, 0.4) is 0 Å². The summed E-state index contributed by atoms with van der Waals surface area (Å²) >= 11 is 15.7. The number of sulfonamides is 1. The molecule has 186 valence electrons. The third-order valence-electron chi connectivity index (χ3n) is 4.79. The van der Waals surface area contributed by atoms with Gasteiger partial charge in [0.2, 0.25) is 21.8 Å². The minimum atomic E-state index is -3.90. The molecular formula is C23H28BrCl2N3O4S. The van der Waals surface area contributed by atoms with Gasteiger partial charge in [-0.05, 0) is 63.6 Å². The molecule has 0 aliphatic rings. The van der Waals surface area contributed by atoms with Gasteiger partial charge >= 0.3 is 0 Å². The topological polar surface area (TPSA) is 86.8 Å². The lowest BCUT2D eigenvalue weighted by Crippen LogP contribution is -2.54. The van der Waals surface area contributed by atoms with Crippen LogP contribution in [-0.4, -0.2) is 49.5 Å². The summed E-state index contributed by atoms with van der Waals surface area (Å²) in [7, 11) is -3.90. The number of carbonyl (C=O) groups is 2. The number of anilines is 1. The second-order valence-electron chi connectivity index (χ2n) is 8.93. The normalized spacial score (nSPS) is 12.7. The van der Waals surface area contributed by atoms with Gasteiger partial charge in [0.15, 0.2) is 0 Å². The molecule has 0 saturated heterocycles. The summed E-state index contributed by atoms with van der Waals surface area (Å²) in [6, 6.07) is 10.8. The van der Waals surface area contributed by atoms with Gasteiger partial charge in [0.25, 0.3) is 0 Å². The fraction of sp³-hybridized carbons (Fsp3) is 0.391. The van der Waals surface area contributed by atoms with Crippen LogP contribution in [-0.2, 0) is 26.2 Å². The number of halogens is 3. The highest BCUT2D eigenvalue weighted by molar-refractivity contribution is 9.10. The summed E-state index contributed by atoms with van der Waals surface area (Å²) in [6.07, 6.45) is 0.978. The molecule has 0 heterocycles. The summed E-state index contributed by atoms with van der Waals surface area (Å²) in [5.74, 6) is -0.925. The van der Waals surface area contributed by atoms with Crippen molar-refractivity contribution in [1.82, 2.24) is 10.2 Å². The van der Waals surface area contributed by atoms with Crippen LogP contribution in [0.25, 0.3) is 0 Å². The van der Waals surface area contributed by atoms with Gasteiger partial charge in [-0.2, -0.15) is 0 Å². The molecule has 0 saturated carbocycles. The average Bonchev–Trinajstić information content (AvgIpc) is 2.70. The standard InChI is InChI=1S/C23H28BrCl2N3O4S/c1-15(22(31)27-23(2,3)4)28(13-16-6-8-17(24)9-7-16)21(30)14-29(34(5,32)33)20-12-18(25)10-11-19(20)26/h6-12,15H,13-14H2,1-5H3,(H,27,31)/t15-/m1/s1. The Morgan fingerprint density at radius 3 is 2.21 bits per heavy atom. The van der Waals surface area contributed by atoms with Crippen LogP contribution in [0, 0.1) is 0 Å². The van der Waals surface area contributed by atoms with Crippen LogP contribution in [0.2, 0.25) is 10.0 Å². The summed E-state index contributed by atoms with van der Waals surface area (Å²) in [5.41, 5.74) is 0.351. The summed E-state index contributed by atoms with van der Waals surface area (Å²) in [6.45, 7) is 6.67. The molecule has 2 aromatic carbocycles. The Labute approximate surface area is 219 Å². The van der Waals surface area contributed by atoms with E-state index in [4.69, 9.17) is 23.2 Å². The smallest absolute Gasteiger partial charge is 0.244 e. The van der Waals surface area contributed by atoms with Crippen LogP contribution in [0.4, 0.5) is 5.69 Å². The van der Waals surface area contributed by atoms with E-state index in [1.165, 1.54) is 23.1 Å². The zero-order chi connectivity index (χ0) is 25.8. The fourth-order valence-electron chi connectivity index (χ4n) is 3.11. The van der Waals surface area contributed by atoms with Crippen LogP contribution in [0.15, 0.2) is 46.9 Å². The van der Waals surface area contributed by atoms with Crippen LogP contribution < -0.4 is 9.62 Å². The number of nitrogens with zero attached hydrogens (tertiary/aromatic N) is 2. The molecule has 0 aliphatic heterocycles. The molecule has 34 heavy (non-hydrogen) atoms. The van der Waals surface area contributed by atoms with E-state index in [1.54, 1.807) is 6.92 Å². The largest absolute Gasteiger partial charge is 0.350 e. The van der Waals surface area contributed by atoms with E-state index in [1.807, 2.05) is 45.0 Å². The summed E-state index contributed by atoms with van der Waals surface area (Å²) in [4.78, 5) is 27.8. The van der Waals surface area contributed by atoms with Crippen molar-refractivity contribution in [3.63, 3.8) is 0 Å². The van der Waals surface area contributed by atoms with E-state index < -0.39 is 34.1 Å². The third kappa shape index (κ3) is 8.15. The molecule has 0 radical (unpaired) electrons. The van der Waals surface area contributed by atoms with E-state index in [9.17, 15) is 18.0 Å². The fourth-order valence-corrected chi connectivity index (χ4v) is 4.67. The molecule has 2 rings (SSSR count). The molecular weight excluding hydrogens is 565 g/mol. The molecule has 11 heteroatoms. The van der Waals surface area contributed by atoms with Crippen LogP contribution in [0.5, 0.6) is 0 Å². The summed E-state index contributed by atoms with van der Waals surface area (Å²) in [5, 5.41) is 3.26. The number of nitrogens with one attached hydrogen (secondary N) is 1. The van der Waals surface area contributed by atoms with Gasteiger partial charge in [-0.1, -0.05) is 51.3 Å². The van der Waals surface area contributed by atoms with E-state index in [-0.39, 0.29) is 28.2 Å². The van der Waals surface area contributed by atoms with E-state index in [0.29, 0.717) is 0 Å². The van der Waals surface area contributed by atoms with Gasteiger partial charge < -0.3 is 10.2 Å². The first-order valence-electron chi connectivity index (χ1n) is 10.4. The number of hydrogen-bond donors (Lipinski definition) is 1. The molecule has 0 aliphatic carbocycles. The van der Waals surface area contributed by atoms with Crippen molar-refractivity contribution in [3.05, 3.63) is 62.5 Å². The lowest BCUT2D eigenvalue weighted by Gasteiger charge is -2.33. The molecule has 0 bridgehead atoms. The quantitative estimate of drug-likeness (QED) is 0.474. The Morgan fingerprint density at radius 2 is 1.68 bits per heavy atom. The van der Waals surface area contributed by atoms with Crippen molar-refractivity contribution < 1.29 is 18.0 Å². The molecule has 0 fully saturated rings. The zero-order valence-electron chi connectivity index (χ0n) is 19.6. The molecule has 1 atom stereocenters. The highest BCUT2D eigenvalue weighted by Gasteiger charge is 2.32. The van der Waals surface area contributed by atoms with Gasteiger partial charge in [-0.25, -0.2) is 8.42 Å². The monoisotopic (exact) mass is 591 g/mol. The van der Waals surface area contributed by atoms with E-state index >= 15 is 0 Å². The lowest BCUT2D eigenvalue weighted by atomic mass is 10.1. The van der Waals surface area contributed by atoms with Gasteiger partial charge in [-0.15, -0.1) is 0 Å². The van der Waals surface area contributed by atoms with E-state index in [2.05, 4.69) is 21.2 Å². The van der Waals surface area contributed by atoms with Crippen LogP contribution >= 0.6 is 39.1 Å². The first-order valence-corrected chi connectivity index (χ1v) is 13.8. The molecule has 0 spiro atoms. The maximum absolute atomic E-state index is 13.5. The number of hydrogen-bond acceptors (Lipinski definition) is 4. The lowest BCUT2D eigenvalue weighted by molar-refractivity contribution is -0.140. The zero-order valence-corrected chi connectivity index (χ0v) is 23.5. The highest BCUT2D eigenvalue weighted by Crippen LogP contribution is 2.31. The summed E-state index contributed by atoms with van der Waals surface area (Å²) < 4.78 is 27.0. The first kappa shape index (κ1) is 28.4. The minimum Gasteiger partial charge on any atom is -0.350 e.